The number of likely N-dealkylation sites (tertiary alicyclic amines) is 1. The second-order valence-corrected chi connectivity index (χ2v) is 8.69. The van der Waals surface area contributed by atoms with Gasteiger partial charge < -0.3 is 15.5 Å². The molecule has 0 bridgehead atoms. The molecule has 2 fully saturated rings. The molecule has 0 radical (unpaired) electrons. The lowest BCUT2D eigenvalue weighted by Gasteiger charge is -2.33. The lowest BCUT2D eigenvalue weighted by Crippen LogP contribution is -2.42. The highest BCUT2D eigenvalue weighted by Crippen LogP contribution is 2.26. The zero-order valence-corrected chi connectivity index (χ0v) is 17.6. The number of hydrogen-bond donors (Lipinski definition) is 2. The Balaban J connectivity index is 1.59. The molecule has 2 atom stereocenters. The molecule has 0 spiro atoms. The van der Waals surface area contributed by atoms with Crippen LogP contribution in [-0.2, 0) is 4.79 Å². The second-order valence-electron chi connectivity index (χ2n) is 8.69. The van der Waals surface area contributed by atoms with Gasteiger partial charge in [-0.15, -0.1) is 0 Å². The SMILES string of the molecule is Cc1cc(C(=O)N2CCCCC2C)ccc1NC(=O)CC(C)C1CCNCC1. The molecule has 0 aromatic heterocycles. The van der Waals surface area contributed by atoms with Gasteiger partial charge in [0.1, 0.15) is 0 Å². The summed E-state index contributed by atoms with van der Waals surface area (Å²) in [5.41, 5.74) is 2.47. The smallest absolute Gasteiger partial charge is 0.254 e. The molecule has 2 saturated heterocycles. The number of carbonyl (C=O) groups is 2. The Labute approximate surface area is 169 Å². The number of carbonyl (C=O) groups excluding carboxylic acids is 2. The van der Waals surface area contributed by atoms with Crippen LogP contribution in [0.1, 0.15) is 68.3 Å². The highest BCUT2D eigenvalue weighted by atomic mass is 16.2. The molecule has 2 amide bonds. The number of aryl methyl sites for hydroxylation is 1. The highest BCUT2D eigenvalue weighted by molar-refractivity contribution is 5.96. The van der Waals surface area contributed by atoms with E-state index >= 15 is 0 Å². The zero-order chi connectivity index (χ0) is 20.1. The van der Waals surface area contributed by atoms with E-state index in [-0.39, 0.29) is 11.8 Å². The van der Waals surface area contributed by atoms with Gasteiger partial charge in [0.2, 0.25) is 5.91 Å². The van der Waals surface area contributed by atoms with Gasteiger partial charge in [-0.25, -0.2) is 0 Å². The van der Waals surface area contributed by atoms with Crippen LogP contribution >= 0.6 is 0 Å². The summed E-state index contributed by atoms with van der Waals surface area (Å²) in [6.07, 6.45) is 6.21. The largest absolute Gasteiger partial charge is 0.336 e. The summed E-state index contributed by atoms with van der Waals surface area (Å²) in [5.74, 6) is 1.19. The molecule has 154 valence electrons. The van der Waals surface area contributed by atoms with E-state index in [4.69, 9.17) is 0 Å². The maximum Gasteiger partial charge on any atom is 0.254 e. The van der Waals surface area contributed by atoms with Crippen LogP contribution in [0.25, 0.3) is 0 Å². The number of rotatable bonds is 5. The minimum Gasteiger partial charge on any atom is -0.336 e. The predicted octanol–water partition coefficient (Wildman–Crippen LogP) is 3.97. The summed E-state index contributed by atoms with van der Waals surface area (Å²) >= 11 is 0. The molecule has 2 heterocycles. The predicted molar refractivity (Wildman–Crippen MR) is 114 cm³/mol. The minimum absolute atomic E-state index is 0.0675. The molecule has 2 unspecified atom stereocenters. The number of anilines is 1. The van der Waals surface area contributed by atoms with Gasteiger partial charge in [-0.1, -0.05) is 6.92 Å². The Bertz CT molecular complexity index is 697. The molecular formula is C23H35N3O2. The molecule has 3 rings (SSSR count). The lowest BCUT2D eigenvalue weighted by molar-refractivity contribution is -0.117. The third kappa shape index (κ3) is 5.13. The summed E-state index contributed by atoms with van der Waals surface area (Å²) in [7, 11) is 0. The van der Waals surface area contributed by atoms with Gasteiger partial charge in [0.25, 0.3) is 5.91 Å². The molecule has 1 aromatic carbocycles. The van der Waals surface area contributed by atoms with Gasteiger partial charge in [-0.2, -0.15) is 0 Å². The quantitative estimate of drug-likeness (QED) is 0.806. The van der Waals surface area contributed by atoms with Crippen molar-refractivity contribution in [2.75, 3.05) is 25.0 Å². The van der Waals surface area contributed by atoms with Crippen molar-refractivity contribution < 1.29 is 9.59 Å². The Kier molecular flexibility index (Phi) is 7.11. The van der Waals surface area contributed by atoms with Gasteiger partial charge in [0.05, 0.1) is 0 Å². The number of benzene rings is 1. The number of hydrogen-bond acceptors (Lipinski definition) is 3. The molecule has 0 aliphatic carbocycles. The molecule has 28 heavy (non-hydrogen) atoms. The molecule has 5 nitrogen and oxygen atoms in total. The third-order valence-electron chi connectivity index (χ3n) is 6.51. The van der Waals surface area contributed by atoms with Crippen molar-refractivity contribution in [2.24, 2.45) is 11.8 Å². The van der Waals surface area contributed by atoms with Gasteiger partial charge >= 0.3 is 0 Å². The van der Waals surface area contributed by atoms with E-state index in [1.54, 1.807) is 0 Å². The van der Waals surface area contributed by atoms with Crippen molar-refractivity contribution >= 4 is 17.5 Å². The van der Waals surface area contributed by atoms with Crippen molar-refractivity contribution in [3.8, 4) is 0 Å². The fraction of sp³-hybridized carbons (Fsp3) is 0.652. The summed E-state index contributed by atoms with van der Waals surface area (Å²) < 4.78 is 0. The first-order valence-corrected chi connectivity index (χ1v) is 10.9. The normalized spacial score (nSPS) is 22.0. The van der Waals surface area contributed by atoms with E-state index in [1.165, 1.54) is 6.42 Å². The van der Waals surface area contributed by atoms with Crippen LogP contribution in [0, 0.1) is 18.8 Å². The molecule has 2 N–H and O–H groups in total. The van der Waals surface area contributed by atoms with E-state index in [2.05, 4.69) is 24.5 Å². The first kappa shape index (κ1) is 20.8. The molecule has 5 heteroatoms. The number of amides is 2. The number of nitrogens with one attached hydrogen (secondary N) is 2. The van der Waals surface area contributed by atoms with Crippen LogP contribution in [0.3, 0.4) is 0 Å². The van der Waals surface area contributed by atoms with Gasteiger partial charge in [-0.05, 0) is 94.6 Å². The summed E-state index contributed by atoms with van der Waals surface area (Å²) in [4.78, 5) is 27.4. The van der Waals surface area contributed by atoms with Crippen LogP contribution in [0.5, 0.6) is 0 Å². The Hall–Kier alpha value is -1.88. The van der Waals surface area contributed by atoms with Crippen LogP contribution in [-0.4, -0.2) is 42.4 Å². The van der Waals surface area contributed by atoms with Crippen molar-refractivity contribution in [1.82, 2.24) is 10.2 Å². The van der Waals surface area contributed by atoms with E-state index < -0.39 is 0 Å². The van der Waals surface area contributed by atoms with Gasteiger partial charge in [0, 0.05) is 30.3 Å². The fourth-order valence-corrected chi connectivity index (χ4v) is 4.58. The minimum atomic E-state index is 0.0675. The van der Waals surface area contributed by atoms with E-state index in [1.807, 2.05) is 30.0 Å². The topological polar surface area (TPSA) is 61.4 Å². The van der Waals surface area contributed by atoms with Crippen molar-refractivity contribution in [3.63, 3.8) is 0 Å². The first-order chi connectivity index (χ1) is 13.5. The van der Waals surface area contributed by atoms with Gasteiger partial charge in [-0.3, -0.25) is 9.59 Å². The Morgan fingerprint density at radius 1 is 1.21 bits per heavy atom. The molecule has 1 aromatic rings. The summed E-state index contributed by atoms with van der Waals surface area (Å²) in [6, 6.07) is 5.94. The fourth-order valence-electron chi connectivity index (χ4n) is 4.58. The third-order valence-corrected chi connectivity index (χ3v) is 6.51. The monoisotopic (exact) mass is 385 g/mol. The number of nitrogens with zero attached hydrogens (tertiary/aromatic N) is 1. The number of piperidine rings is 2. The molecule has 2 aliphatic rings. The van der Waals surface area contributed by atoms with Crippen molar-refractivity contribution in [3.05, 3.63) is 29.3 Å². The Morgan fingerprint density at radius 3 is 2.64 bits per heavy atom. The summed E-state index contributed by atoms with van der Waals surface area (Å²) in [5, 5.41) is 6.43. The summed E-state index contributed by atoms with van der Waals surface area (Å²) in [6.45, 7) is 9.22. The van der Waals surface area contributed by atoms with Crippen LogP contribution in [0.2, 0.25) is 0 Å². The molecule has 2 aliphatic heterocycles. The average molecular weight is 386 g/mol. The van der Waals surface area contributed by atoms with E-state index in [0.29, 0.717) is 29.9 Å². The van der Waals surface area contributed by atoms with E-state index in [9.17, 15) is 9.59 Å². The molecular weight excluding hydrogens is 350 g/mol. The van der Waals surface area contributed by atoms with Crippen molar-refractivity contribution in [2.45, 2.75) is 65.3 Å². The Morgan fingerprint density at radius 2 is 1.96 bits per heavy atom. The van der Waals surface area contributed by atoms with Crippen LogP contribution < -0.4 is 10.6 Å². The van der Waals surface area contributed by atoms with Crippen LogP contribution in [0.4, 0.5) is 5.69 Å². The maximum absolute atomic E-state index is 12.8. The second kappa shape index (κ2) is 9.55. The van der Waals surface area contributed by atoms with E-state index in [0.717, 1.165) is 56.6 Å². The highest BCUT2D eigenvalue weighted by Gasteiger charge is 2.25. The lowest BCUT2D eigenvalue weighted by atomic mass is 9.84. The average Bonchev–Trinajstić information content (AvgIpc) is 2.70. The zero-order valence-electron chi connectivity index (χ0n) is 17.6. The standard InChI is InChI=1S/C23H35N3O2/c1-16(19-9-11-24-12-10-19)15-22(27)25-21-8-7-20(14-17(21)2)23(28)26-13-5-4-6-18(26)3/h7-8,14,16,18-19,24H,4-6,9-13,15H2,1-3H3,(H,25,27). The maximum atomic E-state index is 12.8. The van der Waals surface area contributed by atoms with Crippen molar-refractivity contribution in [1.29, 1.82) is 0 Å². The molecule has 0 saturated carbocycles. The van der Waals surface area contributed by atoms with Crippen LogP contribution in [0.15, 0.2) is 18.2 Å². The van der Waals surface area contributed by atoms with Gasteiger partial charge in [0.15, 0.2) is 0 Å². The first-order valence-electron chi connectivity index (χ1n) is 10.9.